The second-order valence-corrected chi connectivity index (χ2v) is 7.80. The molecular formula is C24H20Cl2N2O2. The lowest BCUT2D eigenvalue weighted by molar-refractivity contribution is 0.303. The molecule has 4 nitrogen and oxygen atoms in total. The van der Waals surface area contributed by atoms with Gasteiger partial charge in [0.1, 0.15) is 11.6 Å². The van der Waals surface area contributed by atoms with E-state index in [0.717, 1.165) is 24.2 Å². The lowest BCUT2D eigenvalue weighted by Crippen LogP contribution is -2.24. The van der Waals surface area contributed by atoms with Crippen LogP contribution in [0.3, 0.4) is 0 Å². The van der Waals surface area contributed by atoms with Crippen LogP contribution in [0.1, 0.15) is 12.8 Å². The van der Waals surface area contributed by atoms with Gasteiger partial charge in [-0.15, -0.1) is 0 Å². The zero-order valence-electron chi connectivity index (χ0n) is 16.2. The minimum atomic E-state index is -0.0405. The van der Waals surface area contributed by atoms with E-state index in [0.29, 0.717) is 39.9 Å². The summed E-state index contributed by atoms with van der Waals surface area (Å²) in [5.74, 6) is 1.39. The van der Waals surface area contributed by atoms with Gasteiger partial charge in [0.2, 0.25) is 0 Å². The van der Waals surface area contributed by atoms with E-state index in [1.165, 1.54) is 0 Å². The molecule has 4 aromatic rings. The van der Waals surface area contributed by atoms with Crippen molar-refractivity contribution in [2.75, 3.05) is 6.61 Å². The van der Waals surface area contributed by atoms with Crippen LogP contribution in [0.25, 0.3) is 22.3 Å². The molecule has 0 unspecified atom stereocenters. The second kappa shape index (κ2) is 9.33. The Labute approximate surface area is 184 Å². The fourth-order valence-corrected chi connectivity index (χ4v) is 3.62. The number of aromatic nitrogens is 2. The normalized spacial score (nSPS) is 11.0. The monoisotopic (exact) mass is 438 g/mol. The maximum Gasteiger partial charge on any atom is 0.261 e. The molecule has 0 N–H and O–H groups in total. The minimum Gasteiger partial charge on any atom is -0.494 e. The minimum absolute atomic E-state index is 0.0405. The highest BCUT2D eigenvalue weighted by atomic mass is 35.5. The van der Waals surface area contributed by atoms with Crippen molar-refractivity contribution in [3.05, 3.63) is 93.2 Å². The largest absolute Gasteiger partial charge is 0.494 e. The Bertz CT molecular complexity index is 1220. The fraction of sp³-hybridized carbons (Fsp3) is 0.167. The first-order valence-electron chi connectivity index (χ1n) is 9.76. The number of nitrogens with zero attached hydrogens (tertiary/aromatic N) is 2. The molecular weight excluding hydrogens is 419 g/mol. The summed E-state index contributed by atoms with van der Waals surface area (Å²) < 4.78 is 7.49. The van der Waals surface area contributed by atoms with Crippen molar-refractivity contribution in [1.82, 2.24) is 9.55 Å². The average molecular weight is 439 g/mol. The molecule has 0 saturated heterocycles. The fourth-order valence-electron chi connectivity index (χ4n) is 3.31. The Morgan fingerprint density at radius 2 is 1.67 bits per heavy atom. The van der Waals surface area contributed by atoms with Crippen LogP contribution in [0.15, 0.2) is 77.6 Å². The van der Waals surface area contributed by atoms with Crippen molar-refractivity contribution in [1.29, 1.82) is 0 Å². The number of halogens is 2. The van der Waals surface area contributed by atoms with E-state index >= 15 is 0 Å². The molecule has 0 atom stereocenters. The summed E-state index contributed by atoms with van der Waals surface area (Å²) in [5.41, 5.74) is 1.51. The summed E-state index contributed by atoms with van der Waals surface area (Å²) in [7, 11) is 0. The van der Waals surface area contributed by atoms with Crippen LogP contribution < -0.4 is 10.3 Å². The van der Waals surface area contributed by atoms with Crippen molar-refractivity contribution in [3.63, 3.8) is 0 Å². The first kappa shape index (κ1) is 20.5. The van der Waals surface area contributed by atoms with Gasteiger partial charge >= 0.3 is 0 Å². The number of rotatable bonds is 7. The number of ether oxygens (including phenoxy) is 1. The van der Waals surface area contributed by atoms with Gasteiger partial charge in [0.05, 0.1) is 17.5 Å². The van der Waals surface area contributed by atoms with E-state index in [2.05, 4.69) is 0 Å². The van der Waals surface area contributed by atoms with Crippen molar-refractivity contribution < 1.29 is 4.74 Å². The van der Waals surface area contributed by atoms with Gasteiger partial charge in [0.25, 0.3) is 5.56 Å². The van der Waals surface area contributed by atoms with Crippen LogP contribution in [-0.2, 0) is 6.54 Å². The highest BCUT2D eigenvalue weighted by molar-refractivity contribution is 6.30. The van der Waals surface area contributed by atoms with Crippen LogP contribution >= 0.6 is 23.2 Å². The van der Waals surface area contributed by atoms with Gasteiger partial charge in [-0.1, -0.05) is 41.4 Å². The van der Waals surface area contributed by atoms with Gasteiger partial charge in [-0.05, 0) is 67.4 Å². The molecule has 0 amide bonds. The summed E-state index contributed by atoms with van der Waals surface area (Å²) in [6.07, 6.45) is 1.58. The molecule has 152 valence electrons. The molecule has 1 heterocycles. The van der Waals surface area contributed by atoms with Crippen molar-refractivity contribution in [2.24, 2.45) is 0 Å². The highest BCUT2D eigenvalue weighted by Crippen LogP contribution is 2.22. The molecule has 30 heavy (non-hydrogen) atoms. The maximum absolute atomic E-state index is 13.2. The van der Waals surface area contributed by atoms with Gasteiger partial charge in [0.15, 0.2) is 0 Å². The summed E-state index contributed by atoms with van der Waals surface area (Å²) in [6, 6.07) is 22.1. The van der Waals surface area contributed by atoms with Crippen LogP contribution in [0.2, 0.25) is 10.0 Å². The number of unbranched alkanes of at least 4 members (excludes halogenated alkanes) is 1. The molecule has 1 aromatic heterocycles. The van der Waals surface area contributed by atoms with Crippen LogP contribution in [-0.4, -0.2) is 16.2 Å². The molecule has 0 aliphatic rings. The smallest absolute Gasteiger partial charge is 0.261 e. The number of hydrogen-bond acceptors (Lipinski definition) is 3. The Balaban J connectivity index is 1.54. The summed E-state index contributed by atoms with van der Waals surface area (Å²) in [6.45, 7) is 1.10. The molecule has 6 heteroatoms. The Morgan fingerprint density at radius 3 is 2.47 bits per heavy atom. The zero-order valence-corrected chi connectivity index (χ0v) is 17.7. The predicted molar refractivity (Wildman–Crippen MR) is 123 cm³/mol. The van der Waals surface area contributed by atoms with E-state index in [-0.39, 0.29) is 5.56 Å². The van der Waals surface area contributed by atoms with E-state index < -0.39 is 0 Å². The maximum atomic E-state index is 13.2. The van der Waals surface area contributed by atoms with Crippen molar-refractivity contribution >= 4 is 34.1 Å². The number of fused-ring (bicyclic) bond motifs is 1. The first-order chi connectivity index (χ1) is 14.6. The highest BCUT2D eigenvalue weighted by Gasteiger charge is 2.12. The van der Waals surface area contributed by atoms with Crippen molar-refractivity contribution in [3.8, 4) is 17.1 Å². The SMILES string of the molecule is O=c1c2ccccc2nc(-c2ccc(Cl)cc2)n1CCCCOc1cccc(Cl)c1. The van der Waals surface area contributed by atoms with Gasteiger partial charge in [-0.3, -0.25) is 9.36 Å². The molecule has 0 radical (unpaired) electrons. The van der Waals surface area contributed by atoms with Crippen LogP contribution in [0.4, 0.5) is 0 Å². The molecule has 4 rings (SSSR count). The Hall–Kier alpha value is -2.82. The van der Waals surface area contributed by atoms with Crippen LogP contribution in [0.5, 0.6) is 5.75 Å². The van der Waals surface area contributed by atoms with Gasteiger partial charge in [0, 0.05) is 22.2 Å². The van der Waals surface area contributed by atoms with Gasteiger partial charge in [-0.2, -0.15) is 0 Å². The third kappa shape index (κ3) is 4.66. The molecule has 0 fully saturated rings. The van der Waals surface area contributed by atoms with Crippen molar-refractivity contribution in [2.45, 2.75) is 19.4 Å². The van der Waals surface area contributed by atoms with E-state index in [1.807, 2.05) is 54.6 Å². The number of para-hydroxylation sites is 1. The topological polar surface area (TPSA) is 44.1 Å². The molecule has 3 aromatic carbocycles. The Kier molecular flexibility index (Phi) is 6.36. The van der Waals surface area contributed by atoms with E-state index in [1.54, 1.807) is 22.8 Å². The summed E-state index contributed by atoms with van der Waals surface area (Å²) in [5, 5.41) is 1.91. The van der Waals surface area contributed by atoms with Gasteiger partial charge in [-0.25, -0.2) is 4.98 Å². The van der Waals surface area contributed by atoms with Gasteiger partial charge < -0.3 is 4.74 Å². The predicted octanol–water partition coefficient (Wildman–Crippen LogP) is 6.23. The quantitative estimate of drug-likeness (QED) is 0.321. The standard InChI is InChI=1S/C24H20Cl2N2O2/c25-18-12-10-17(11-13-18)23-27-22-9-2-1-8-21(22)24(29)28(23)14-3-4-15-30-20-7-5-6-19(26)16-20/h1-2,5-13,16H,3-4,14-15H2. The number of benzene rings is 3. The molecule has 0 spiro atoms. The van der Waals surface area contributed by atoms with Crippen LogP contribution in [0, 0.1) is 0 Å². The molecule has 0 aliphatic heterocycles. The zero-order chi connectivity index (χ0) is 20.9. The van der Waals surface area contributed by atoms with E-state index in [9.17, 15) is 4.79 Å². The lowest BCUT2D eigenvalue weighted by atomic mass is 10.1. The van der Waals surface area contributed by atoms with E-state index in [4.69, 9.17) is 32.9 Å². The summed E-state index contributed by atoms with van der Waals surface area (Å²) >= 11 is 12.0. The number of hydrogen-bond donors (Lipinski definition) is 0. The first-order valence-corrected chi connectivity index (χ1v) is 10.5. The third-order valence-corrected chi connectivity index (χ3v) is 5.29. The molecule has 0 bridgehead atoms. The molecule has 0 aliphatic carbocycles. The second-order valence-electron chi connectivity index (χ2n) is 6.93. The molecule has 0 saturated carbocycles. The summed E-state index contributed by atoms with van der Waals surface area (Å²) in [4.78, 5) is 17.9. The third-order valence-electron chi connectivity index (χ3n) is 4.80. The Morgan fingerprint density at radius 1 is 0.867 bits per heavy atom. The lowest BCUT2D eigenvalue weighted by Gasteiger charge is -2.14. The average Bonchev–Trinajstić information content (AvgIpc) is 2.75.